The number of nitrogens with zero attached hydrogens (tertiary/aromatic N) is 2. The topological polar surface area (TPSA) is 59.0 Å². The van der Waals surface area contributed by atoms with Crippen LogP contribution in [-0.4, -0.2) is 0 Å². The minimum atomic E-state index is -0.636. The first kappa shape index (κ1) is 49.9. The summed E-state index contributed by atoms with van der Waals surface area (Å²) in [6, 6.07) is 74.3. The lowest BCUT2D eigenvalue weighted by atomic mass is 10.1. The molecule has 0 aliphatic carbocycles. The third kappa shape index (κ3) is 8.28. The summed E-state index contributed by atoms with van der Waals surface area (Å²) in [6.45, 7) is 0. The normalized spacial score (nSPS) is 12.0. The zero-order valence-corrected chi connectivity index (χ0v) is 46.6. The highest BCUT2D eigenvalue weighted by Gasteiger charge is 2.26. The minimum Gasteiger partial charge on any atom is -0.456 e. The van der Waals surface area contributed by atoms with E-state index in [1.54, 1.807) is 56.7 Å². The van der Waals surface area contributed by atoms with Crippen LogP contribution in [0.25, 0.3) is 130 Å². The Morgan fingerprint density at radius 3 is 0.965 bits per heavy atom. The number of anilines is 6. The largest absolute Gasteiger partial charge is 0.456 e. The standard InChI is InChI=1S/C74H40F4N2O4S2/c75-57-39-61(59(77)35-55(57)69-31-45-11-3-7-15-65(45)83-69)79(47-21-17-41(18-22-47)67-29-43-9-1-5-13-63(43)81-67)49-25-27-51-53-37-74-54(38-73(53)85-71(51)33-49)52-28-26-50(34-72(52)86-74)80(48-23-19-42(20-24-48)68-30-44-10-2-6-14-64(44)82-68)62-40-58(76)56(36-60(62)78)70-32-46-12-4-8-16-66(46)84-70/h1-40H. The smallest absolute Gasteiger partial charge is 0.148 e. The predicted molar refractivity (Wildman–Crippen MR) is 342 cm³/mol. The van der Waals surface area contributed by atoms with Gasteiger partial charge in [0.15, 0.2) is 0 Å². The molecule has 0 aliphatic heterocycles. The van der Waals surface area contributed by atoms with E-state index in [0.29, 0.717) is 45.4 Å². The second-order valence-electron chi connectivity index (χ2n) is 21.3. The molecule has 0 N–H and O–H groups in total. The van der Waals surface area contributed by atoms with Gasteiger partial charge in [-0.15, -0.1) is 22.7 Å². The van der Waals surface area contributed by atoms with Crippen LogP contribution in [0.1, 0.15) is 0 Å². The number of furan rings is 4. The van der Waals surface area contributed by atoms with Crippen LogP contribution in [0.15, 0.2) is 260 Å². The summed E-state index contributed by atoms with van der Waals surface area (Å²) in [4.78, 5) is 3.48. The summed E-state index contributed by atoms with van der Waals surface area (Å²) in [7, 11) is 0. The fourth-order valence-electron chi connectivity index (χ4n) is 12.0. The molecule has 0 fully saturated rings. The van der Waals surface area contributed by atoms with E-state index in [2.05, 4.69) is 12.1 Å². The van der Waals surface area contributed by atoms with Gasteiger partial charge in [-0.05, 0) is 146 Å². The summed E-state index contributed by atoms with van der Waals surface area (Å²) in [5.41, 5.74) is 6.91. The average molecular weight is 1160 g/mol. The number of para-hydroxylation sites is 4. The predicted octanol–water partition coefficient (Wildman–Crippen LogP) is 23.6. The molecule has 6 nitrogen and oxygen atoms in total. The van der Waals surface area contributed by atoms with Crippen molar-refractivity contribution in [3.05, 3.63) is 266 Å². The first-order valence-electron chi connectivity index (χ1n) is 27.7. The Morgan fingerprint density at radius 1 is 0.267 bits per heavy atom. The summed E-state index contributed by atoms with van der Waals surface area (Å²) in [5, 5.41) is 7.61. The number of rotatable bonds is 10. The van der Waals surface area contributed by atoms with Crippen molar-refractivity contribution < 1.29 is 35.2 Å². The zero-order valence-electron chi connectivity index (χ0n) is 44.9. The Kier molecular flexibility index (Phi) is 11.3. The van der Waals surface area contributed by atoms with Crippen LogP contribution in [0.3, 0.4) is 0 Å². The van der Waals surface area contributed by atoms with E-state index in [-0.39, 0.29) is 34.0 Å². The van der Waals surface area contributed by atoms with Gasteiger partial charge in [-0.25, -0.2) is 17.6 Å². The first-order chi connectivity index (χ1) is 42.2. The third-order valence-corrected chi connectivity index (χ3v) is 18.4. The van der Waals surface area contributed by atoms with Crippen molar-refractivity contribution in [3.8, 4) is 45.3 Å². The van der Waals surface area contributed by atoms with Gasteiger partial charge in [0.1, 0.15) is 68.6 Å². The van der Waals surface area contributed by atoms with Crippen molar-refractivity contribution in [2.45, 2.75) is 0 Å². The summed E-state index contributed by atoms with van der Waals surface area (Å²) < 4.78 is 95.5. The van der Waals surface area contributed by atoms with E-state index >= 15 is 17.6 Å². The van der Waals surface area contributed by atoms with E-state index in [4.69, 9.17) is 17.7 Å². The molecule has 17 aromatic rings. The molecule has 0 unspecified atom stereocenters. The molecule has 6 aromatic heterocycles. The number of halogens is 4. The maximum atomic E-state index is 17.0. The Morgan fingerprint density at radius 2 is 0.593 bits per heavy atom. The van der Waals surface area contributed by atoms with Crippen LogP contribution in [0, 0.1) is 23.3 Å². The number of hydrogen-bond acceptors (Lipinski definition) is 8. The molecule has 86 heavy (non-hydrogen) atoms. The molecule has 0 amide bonds. The SMILES string of the molecule is Fc1cc(N(c2ccc(-c3cc4ccccc4o3)cc2)c2ccc3c(c2)sc2cc4c(cc23)sc2cc(N(c3ccc(-c5cc6ccccc6o5)cc3)c3cc(F)c(-c5cc6ccccc6o5)cc3F)ccc24)c(F)cc1-c1cc2ccccc2o1. The molecular weight excluding hydrogens is 1120 g/mol. The quantitative estimate of drug-likeness (QED) is 0.127. The van der Waals surface area contributed by atoms with Crippen molar-refractivity contribution in [3.63, 3.8) is 0 Å². The van der Waals surface area contributed by atoms with Gasteiger partial charge in [0.25, 0.3) is 0 Å². The molecular formula is C74H40F4N2O4S2. The molecule has 0 saturated heterocycles. The van der Waals surface area contributed by atoms with E-state index in [1.165, 1.54) is 24.3 Å². The maximum absolute atomic E-state index is 17.0. The second-order valence-corrected chi connectivity index (χ2v) is 23.5. The first-order valence-corrected chi connectivity index (χ1v) is 29.4. The zero-order chi connectivity index (χ0) is 57.3. The van der Waals surface area contributed by atoms with Crippen molar-refractivity contribution in [1.29, 1.82) is 0 Å². The van der Waals surface area contributed by atoms with Crippen molar-refractivity contribution in [1.82, 2.24) is 0 Å². The van der Waals surface area contributed by atoms with Gasteiger partial charge in [0.05, 0.1) is 22.5 Å². The van der Waals surface area contributed by atoms with Crippen LogP contribution >= 0.6 is 22.7 Å². The van der Waals surface area contributed by atoms with E-state index in [1.807, 2.05) is 182 Å². The molecule has 11 aromatic carbocycles. The summed E-state index contributed by atoms with van der Waals surface area (Å²) in [5.74, 6) is -0.705. The molecule has 17 rings (SSSR count). The Hall–Kier alpha value is -10.7. The van der Waals surface area contributed by atoms with Gasteiger partial charge in [0, 0.05) is 108 Å². The van der Waals surface area contributed by atoms with Crippen LogP contribution in [-0.2, 0) is 0 Å². The average Bonchev–Trinajstić information content (AvgIpc) is 1.98. The van der Waals surface area contributed by atoms with E-state index in [9.17, 15) is 0 Å². The Bertz CT molecular complexity index is 5100. The van der Waals surface area contributed by atoms with E-state index in [0.717, 1.165) is 84.2 Å². The fraction of sp³-hybridized carbons (Fsp3) is 0. The lowest BCUT2D eigenvalue weighted by Gasteiger charge is -2.26. The molecule has 0 atom stereocenters. The monoisotopic (exact) mass is 1160 g/mol. The molecule has 12 heteroatoms. The van der Waals surface area contributed by atoms with Gasteiger partial charge in [0.2, 0.25) is 0 Å². The van der Waals surface area contributed by atoms with Crippen LogP contribution in [0.2, 0.25) is 0 Å². The van der Waals surface area contributed by atoms with Crippen LogP contribution in [0.5, 0.6) is 0 Å². The van der Waals surface area contributed by atoms with Gasteiger partial charge in [-0.1, -0.05) is 84.9 Å². The maximum Gasteiger partial charge on any atom is 0.148 e. The molecule has 410 valence electrons. The van der Waals surface area contributed by atoms with E-state index < -0.39 is 23.3 Å². The fourth-order valence-corrected chi connectivity index (χ4v) is 14.3. The molecule has 0 radical (unpaired) electrons. The van der Waals surface area contributed by atoms with Gasteiger partial charge in [-0.3, -0.25) is 0 Å². The third-order valence-electron chi connectivity index (χ3n) is 16.2. The Labute approximate surface area is 494 Å². The highest BCUT2D eigenvalue weighted by molar-refractivity contribution is 7.27. The second kappa shape index (κ2) is 19.5. The van der Waals surface area contributed by atoms with Crippen LogP contribution in [0.4, 0.5) is 51.7 Å². The highest BCUT2D eigenvalue weighted by Crippen LogP contribution is 2.48. The number of fused-ring (bicyclic) bond motifs is 10. The molecule has 0 aliphatic rings. The number of hydrogen-bond donors (Lipinski definition) is 0. The molecule has 0 saturated carbocycles. The highest BCUT2D eigenvalue weighted by atomic mass is 32.1. The lowest BCUT2D eigenvalue weighted by Crippen LogP contribution is -2.12. The lowest BCUT2D eigenvalue weighted by molar-refractivity contribution is 0.586. The number of thiophene rings is 2. The molecule has 0 bridgehead atoms. The van der Waals surface area contributed by atoms with Gasteiger partial charge < -0.3 is 27.5 Å². The van der Waals surface area contributed by atoms with Crippen LogP contribution < -0.4 is 9.80 Å². The molecule has 0 spiro atoms. The Balaban J connectivity index is 0.753. The summed E-state index contributed by atoms with van der Waals surface area (Å²) in [6.07, 6.45) is 0. The minimum absolute atomic E-state index is 0.0173. The van der Waals surface area contributed by atoms with Crippen molar-refractivity contribution in [2.75, 3.05) is 9.80 Å². The molecule has 6 heterocycles. The number of benzene rings is 11. The van der Waals surface area contributed by atoms with Crippen molar-refractivity contribution >= 4 is 141 Å². The summed E-state index contributed by atoms with van der Waals surface area (Å²) >= 11 is 3.23. The van der Waals surface area contributed by atoms with Gasteiger partial charge >= 0.3 is 0 Å². The van der Waals surface area contributed by atoms with Crippen molar-refractivity contribution in [2.24, 2.45) is 0 Å². The van der Waals surface area contributed by atoms with Gasteiger partial charge in [-0.2, -0.15) is 0 Å².